The molecular weight excluding hydrogens is 282 g/mol. The van der Waals surface area contributed by atoms with E-state index in [2.05, 4.69) is 20.7 Å². The molecule has 8 heteroatoms. The molecule has 20 heavy (non-hydrogen) atoms. The summed E-state index contributed by atoms with van der Waals surface area (Å²) in [6.45, 7) is 0. The molecule has 7 nitrogen and oxygen atoms in total. The van der Waals surface area contributed by atoms with Crippen molar-refractivity contribution < 1.29 is 9.62 Å². The van der Waals surface area contributed by atoms with Crippen molar-refractivity contribution in [3.63, 3.8) is 0 Å². The topological polar surface area (TPSA) is 89.3 Å². The van der Waals surface area contributed by atoms with Gasteiger partial charge in [0.05, 0.1) is 6.04 Å². The van der Waals surface area contributed by atoms with E-state index >= 15 is 0 Å². The van der Waals surface area contributed by atoms with E-state index in [1.54, 1.807) is 16.8 Å². The summed E-state index contributed by atoms with van der Waals surface area (Å²) in [5.74, 6) is 0.731. The maximum absolute atomic E-state index is 9.26. The maximum Gasteiger partial charge on any atom is 0.208 e. The number of hydrogen-bond donors (Lipinski definition) is 1. The quantitative estimate of drug-likeness (QED) is 0.534. The van der Waals surface area contributed by atoms with Crippen LogP contribution in [0.4, 0.5) is 0 Å². The third kappa shape index (κ3) is 2.40. The summed E-state index contributed by atoms with van der Waals surface area (Å²) in [5, 5.41) is 24.4. The van der Waals surface area contributed by atoms with Gasteiger partial charge in [-0.25, -0.2) is 4.68 Å². The van der Waals surface area contributed by atoms with Crippen molar-refractivity contribution in [2.75, 3.05) is 0 Å². The predicted octanol–water partition coefficient (Wildman–Crippen LogP) is 2.65. The van der Waals surface area contributed by atoms with Gasteiger partial charge in [-0.15, -0.1) is 5.10 Å². The largest absolute Gasteiger partial charge is 0.443 e. The van der Waals surface area contributed by atoms with Crippen molar-refractivity contribution in [2.24, 2.45) is 5.16 Å². The fourth-order valence-corrected chi connectivity index (χ4v) is 2.71. The first-order valence-corrected chi connectivity index (χ1v) is 6.93. The van der Waals surface area contributed by atoms with Gasteiger partial charge in [-0.1, -0.05) is 24.4 Å². The van der Waals surface area contributed by atoms with Crippen LogP contribution in [-0.2, 0) is 0 Å². The van der Waals surface area contributed by atoms with Gasteiger partial charge in [0.15, 0.2) is 16.7 Å². The van der Waals surface area contributed by atoms with Crippen LogP contribution in [0.25, 0.3) is 0 Å². The van der Waals surface area contributed by atoms with Crippen molar-refractivity contribution in [2.45, 2.75) is 38.1 Å². The molecule has 0 unspecified atom stereocenters. The van der Waals surface area contributed by atoms with E-state index < -0.39 is 0 Å². The van der Waals surface area contributed by atoms with Gasteiger partial charge in [0.2, 0.25) is 5.82 Å². The molecule has 1 aliphatic carbocycles. The molecule has 2 heterocycles. The van der Waals surface area contributed by atoms with Gasteiger partial charge < -0.3 is 9.62 Å². The number of halogens is 1. The molecule has 0 spiro atoms. The smallest absolute Gasteiger partial charge is 0.208 e. The average molecular weight is 296 g/mol. The van der Waals surface area contributed by atoms with Crippen LogP contribution in [0.1, 0.15) is 49.7 Å². The molecule has 0 aliphatic heterocycles. The van der Waals surface area contributed by atoms with Crippen molar-refractivity contribution in [3.8, 4) is 0 Å². The van der Waals surface area contributed by atoms with Crippen molar-refractivity contribution in [3.05, 3.63) is 28.9 Å². The van der Waals surface area contributed by atoms with Gasteiger partial charge in [0, 0.05) is 0 Å². The lowest BCUT2D eigenvalue weighted by Gasteiger charge is -2.22. The van der Waals surface area contributed by atoms with Crippen LogP contribution in [-0.4, -0.2) is 31.1 Å². The number of aromatic nitrogens is 4. The Hall–Kier alpha value is -1.89. The summed E-state index contributed by atoms with van der Waals surface area (Å²) in [4.78, 5) is 0. The third-order valence-corrected chi connectivity index (χ3v) is 3.73. The Kier molecular flexibility index (Phi) is 3.68. The van der Waals surface area contributed by atoms with Crippen LogP contribution in [0.3, 0.4) is 0 Å². The predicted molar refractivity (Wildman–Crippen MR) is 71.1 cm³/mol. The zero-order chi connectivity index (χ0) is 13.9. The van der Waals surface area contributed by atoms with Gasteiger partial charge >= 0.3 is 0 Å². The number of nitrogens with zero attached hydrogens (tertiary/aromatic N) is 5. The van der Waals surface area contributed by atoms with E-state index in [1.165, 1.54) is 6.42 Å². The summed E-state index contributed by atoms with van der Waals surface area (Å²) >= 11 is 5.75. The van der Waals surface area contributed by atoms with E-state index in [9.17, 15) is 5.21 Å². The summed E-state index contributed by atoms with van der Waals surface area (Å²) in [6.07, 6.45) is 5.60. The molecule has 0 bridgehead atoms. The SMILES string of the molecule is O/N=C(/c1ccc(Cl)o1)c1nnnn1C1CCCCC1. The molecule has 2 aromatic rings. The minimum absolute atomic E-state index is 0.187. The van der Waals surface area contributed by atoms with E-state index in [1.807, 2.05) is 0 Å². The van der Waals surface area contributed by atoms with Crippen LogP contribution >= 0.6 is 11.6 Å². The zero-order valence-electron chi connectivity index (χ0n) is 10.7. The molecule has 3 rings (SSSR count). The zero-order valence-corrected chi connectivity index (χ0v) is 11.5. The first-order chi connectivity index (χ1) is 9.79. The number of oxime groups is 1. The Balaban J connectivity index is 1.95. The fourth-order valence-electron chi connectivity index (χ4n) is 2.57. The lowest BCUT2D eigenvalue weighted by molar-refractivity contribution is 0.311. The molecule has 1 N–H and O–H groups in total. The van der Waals surface area contributed by atoms with Crippen LogP contribution in [0, 0.1) is 0 Å². The minimum Gasteiger partial charge on any atom is -0.443 e. The highest BCUT2D eigenvalue weighted by Crippen LogP contribution is 2.28. The monoisotopic (exact) mass is 295 g/mol. The lowest BCUT2D eigenvalue weighted by atomic mass is 9.95. The van der Waals surface area contributed by atoms with Crippen LogP contribution in [0.15, 0.2) is 21.7 Å². The number of rotatable bonds is 3. The highest BCUT2D eigenvalue weighted by Gasteiger charge is 2.25. The second-order valence-corrected chi connectivity index (χ2v) is 5.16. The van der Waals surface area contributed by atoms with E-state index in [0.29, 0.717) is 11.6 Å². The van der Waals surface area contributed by atoms with E-state index in [4.69, 9.17) is 16.0 Å². The summed E-state index contributed by atoms with van der Waals surface area (Å²) in [7, 11) is 0. The Morgan fingerprint density at radius 1 is 1.35 bits per heavy atom. The highest BCUT2D eigenvalue weighted by molar-refractivity contribution is 6.29. The summed E-state index contributed by atoms with van der Waals surface area (Å²) in [5.41, 5.74) is 0.187. The average Bonchev–Trinajstić information content (AvgIpc) is 3.11. The molecule has 106 valence electrons. The number of hydrogen-bond acceptors (Lipinski definition) is 6. The van der Waals surface area contributed by atoms with Crippen molar-refractivity contribution in [1.82, 2.24) is 20.2 Å². The van der Waals surface area contributed by atoms with Gasteiger partial charge in [0.25, 0.3) is 0 Å². The second kappa shape index (κ2) is 5.62. The molecule has 0 saturated heterocycles. The summed E-state index contributed by atoms with van der Waals surface area (Å²) < 4.78 is 6.98. The Bertz CT molecular complexity index is 615. The molecule has 0 amide bonds. The normalized spacial score (nSPS) is 17.6. The molecule has 1 saturated carbocycles. The standard InChI is InChI=1S/C12H14ClN5O2/c13-10-7-6-9(20-10)11(15-19)12-14-16-17-18(12)8-4-2-1-3-5-8/h6-8,19H,1-5H2/b15-11-. The Morgan fingerprint density at radius 2 is 2.15 bits per heavy atom. The lowest BCUT2D eigenvalue weighted by Crippen LogP contribution is -2.20. The maximum atomic E-state index is 9.26. The number of tetrazole rings is 1. The first-order valence-electron chi connectivity index (χ1n) is 6.55. The fraction of sp³-hybridized carbons (Fsp3) is 0.500. The molecule has 1 aliphatic rings. The van der Waals surface area contributed by atoms with Crippen LogP contribution in [0.5, 0.6) is 0 Å². The Labute approximate surface area is 120 Å². The molecule has 0 radical (unpaired) electrons. The van der Waals surface area contributed by atoms with E-state index in [0.717, 1.165) is 25.7 Å². The van der Waals surface area contributed by atoms with Crippen molar-refractivity contribution in [1.29, 1.82) is 0 Å². The molecule has 0 atom stereocenters. The summed E-state index contributed by atoms with van der Waals surface area (Å²) in [6, 6.07) is 3.43. The minimum atomic E-state index is 0.187. The molecule has 0 aromatic carbocycles. The van der Waals surface area contributed by atoms with Gasteiger partial charge in [-0.3, -0.25) is 0 Å². The molecular formula is C12H14ClN5O2. The third-order valence-electron chi connectivity index (χ3n) is 3.53. The number of furan rings is 1. The van der Waals surface area contributed by atoms with Gasteiger partial charge in [0.1, 0.15) is 0 Å². The highest BCUT2D eigenvalue weighted by atomic mass is 35.5. The molecule has 2 aromatic heterocycles. The van der Waals surface area contributed by atoms with Gasteiger partial charge in [-0.05, 0) is 47.0 Å². The van der Waals surface area contributed by atoms with Crippen LogP contribution in [0.2, 0.25) is 5.22 Å². The van der Waals surface area contributed by atoms with Gasteiger partial charge in [-0.2, -0.15) is 0 Å². The second-order valence-electron chi connectivity index (χ2n) is 4.79. The van der Waals surface area contributed by atoms with E-state index in [-0.39, 0.29) is 17.0 Å². The molecule has 1 fully saturated rings. The van der Waals surface area contributed by atoms with Crippen LogP contribution < -0.4 is 0 Å². The van der Waals surface area contributed by atoms with Crippen molar-refractivity contribution >= 4 is 17.3 Å². The Morgan fingerprint density at radius 3 is 2.80 bits per heavy atom. The first kappa shape index (κ1) is 13.1.